The summed E-state index contributed by atoms with van der Waals surface area (Å²) in [7, 11) is 2.02. The Balaban J connectivity index is 1.89. The normalized spacial score (nSPS) is 38.1. The Morgan fingerprint density at radius 1 is 1.17 bits per heavy atom. The van der Waals surface area contributed by atoms with Gasteiger partial charge in [-0.25, -0.2) is 0 Å². The third-order valence-electron chi connectivity index (χ3n) is 9.18. The van der Waals surface area contributed by atoms with Gasteiger partial charge in [0.2, 0.25) is 5.91 Å². The molecule has 0 saturated heterocycles. The van der Waals surface area contributed by atoms with Gasteiger partial charge >= 0.3 is 0 Å². The molecule has 3 aliphatic rings. The van der Waals surface area contributed by atoms with E-state index in [0.29, 0.717) is 30.1 Å². The molecule has 1 amide bonds. The average Bonchev–Trinajstić information content (AvgIpc) is 3.03. The minimum atomic E-state index is 0.0455. The van der Waals surface area contributed by atoms with E-state index in [1.54, 1.807) is 0 Å². The molecule has 6 atom stereocenters. The molecule has 2 fully saturated rings. The van der Waals surface area contributed by atoms with Crippen LogP contribution in [-0.4, -0.2) is 36.2 Å². The first-order valence-electron chi connectivity index (χ1n) is 12.3. The van der Waals surface area contributed by atoms with Gasteiger partial charge in [0.15, 0.2) is 0 Å². The highest BCUT2D eigenvalue weighted by molar-refractivity contribution is 5.80. The molecule has 3 rings (SSSR count). The molecule has 4 heteroatoms. The molecule has 0 aromatic carbocycles. The van der Waals surface area contributed by atoms with Crippen molar-refractivity contribution in [1.82, 2.24) is 10.2 Å². The minimum Gasteiger partial charge on any atom is -0.391 e. The van der Waals surface area contributed by atoms with Gasteiger partial charge in [0.05, 0.1) is 0 Å². The van der Waals surface area contributed by atoms with Crippen molar-refractivity contribution in [3.63, 3.8) is 0 Å². The van der Waals surface area contributed by atoms with Crippen LogP contribution in [0, 0.1) is 34.5 Å². The zero-order valence-electron chi connectivity index (χ0n) is 20.3. The van der Waals surface area contributed by atoms with Gasteiger partial charge in [-0.05, 0) is 89.4 Å². The second-order valence-corrected chi connectivity index (χ2v) is 11.2. The first kappa shape index (κ1) is 23.3. The first-order chi connectivity index (χ1) is 14.1. The van der Waals surface area contributed by atoms with Crippen LogP contribution in [0.3, 0.4) is 0 Å². The fraction of sp³-hybridized carbons (Fsp3) is 0.846. The predicted octanol–water partition coefficient (Wildman–Crippen LogP) is 5.18. The second kappa shape index (κ2) is 8.67. The van der Waals surface area contributed by atoms with Gasteiger partial charge in [-0.2, -0.15) is 0 Å². The number of nitrogens with one attached hydrogen (secondary N) is 1. The number of carbonyl (C=O) groups excluding carboxylic acids is 2. The number of aldehydes is 1. The van der Waals surface area contributed by atoms with E-state index in [0.717, 1.165) is 32.0 Å². The van der Waals surface area contributed by atoms with Crippen molar-refractivity contribution < 1.29 is 9.59 Å². The predicted molar refractivity (Wildman–Crippen MR) is 123 cm³/mol. The summed E-state index contributed by atoms with van der Waals surface area (Å²) >= 11 is 0. The Kier molecular flexibility index (Phi) is 6.74. The third kappa shape index (κ3) is 3.62. The summed E-state index contributed by atoms with van der Waals surface area (Å²) in [5.41, 5.74) is 1.48. The highest BCUT2D eigenvalue weighted by atomic mass is 16.2. The summed E-state index contributed by atoms with van der Waals surface area (Å²) in [6, 6.07) is 0.498. The number of amides is 1. The Morgan fingerprint density at radius 3 is 2.40 bits per heavy atom. The fourth-order valence-corrected chi connectivity index (χ4v) is 7.85. The van der Waals surface area contributed by atoms with Crippen LogP contribution in [0.2, 0.25) is 0 Å². The molecule has 0 heterocycles. The fourth-order valence-electron chi connectivity index (χ4n) is 7.85. The van der Waals surface area contributed by atoms with E-state index >= 15 is 0 Å². The minimum absolute atomic E-state index is 0.0455. The van der Waals surface area contributed by atoms with E-state index in [-0.39, 0.29) is 28.8 Å². The third-order valence-corrected chi connectivity index (χ3v) is 9.18. The van der Waals surface area contributed by atoms with E-state index in [9.17, 15) is 9.59 Å². The van der Waals surface area contributed by atoms with Crippen molar-refractivity contribution in [3.8, 4) is 0 Å². The largest absolute Gasteiger partial charge is 0.391 e. The molecule has 0 radical (unpaired) electrons. The van der Waals surface area contributed by atoms with Gasteiger partial charge in [-0.15, -0.1) is 0 Å². The lowest BCUT2D eigenvalue weighted by atomic mass is 9.49. The van der Waals surface area contributed by atoms with Gasteiger partial charge < -0.3 is 15.0 Å². The van der Waals surface area contributed by atoms with Crippen molar-refractivity contribution in [3.05, 3.63) is 11.8 Å². The second-order valence-electron chi connectivity index (χ2n) is 11.2. The molecule has 0 aromatic rings. The Labute approximate surface area is 184 Å². The van der Waals surface area contributed by atoms with E-state index in [1.165, 1.54) is 18.5 Å². The summed E-state index contributed by atoms with van der Waals surface area (Å²) in [5.74, 6) is 2.38. The molecular formula is C26H44N2O2. The Morgan fingerprint density at radius 2 is 1.83 bits per heavy atom. The molecule has 170 valence electrons. The zero-order valence-corrected chi connectivity index (χ0v) is 20.3. The molecule has 3 aliphatic carbocycles. The van der Waals surface area contributed by atoms with Gasteiger partial charge in [0.25, 0.3) is 0 Å². The maximum atomic E-state index is 13.7. The van der Waals surface area contributed by atoms with Crippen molar-refractivity contribution >= 4 is 12.2 Å². The van der Waals surface area contributed by atoms with Gasteiger partial charge in [0, 0.05) is 42.6 Å². The van der Waals surface area contributed by atoms with Crippen LogP contribution in [0.15, 0.2) is 11.8 Å². The Hall–Kier alpha value is -1.32. The zero-order chi connectivity index (χ0) is 22.3. The standard InChI is InChI=1S/C26H44N2O2/c1-17(2)28(18(3)4)24(30)22-11-10-20-19-9-12-23(27-7)26(6,14-8-16-29)21(19)13-15-25(20,22)5/h12,16-22,27H,8-11,13-15H2,1-7H3. The lowest BCUT2D eigenvalue weighted by molar-refractivity contribution is -0.146. The SMILES string of the molecule is CNC1=CCC2C(CCC3(C)C(C(=O)N(C(C)C)C(C)C)CCC23)C1(C)CCC=O. The summed E-state index contributed by atoms with van der Waals surface area (Å²) in [6.45, 7) is 13.4. The van der Waals surface area contributed by atoms with Crippen LogP contribution in [0.1, 0.15) is 86.5 Å². The number of carbonyl (C=O) groups is 2. The topological polar surface area (TPSA) is 49.4 Å². The van der Waals surface area contributed by atoms with Crippen LogP contribution in [0.5, 0.6) is 0 Å². The smallest absolute Gasteiger partial charge is 0.226 e. The first-order valence-corrected chi connectivity index (χ1v) is 12.3. The monoisotopic (exact) mass is 416 g/mol. The Bertz CT molecular complexity index is 677. The van der Waals surface area contributed by atoms with Crippen LogP contribution >= 0.6 is 0 Å². The van der Waals surface area contributed by atoms with Crippen LogP contribution in [0.4, 0.5) is 0 Å². The van der Waals surface area contributed by atoms with Gasteiger partial charge in [-0.3, -0.25) is 4.79 Å². The van der Waals surface area contributed by atoms with Crippen molar-refractivity contribution in [2.75, 3.05) is 7.05 Å². The molecule has 30 heavy (non-hydrogen) atoms. The van der Waals surface area contributed by atoms with Crippen LogP contribution in [-0.2, 0) is 9.59 Å². The molecule has 4 nitrogen and oxygen atoms in total. The highest BCUT2D eigenvalue weighted by Crippen LogP contribution is 2.65. The number of rotatable bonds is 7. The van der Waals surface area contributed by atoms with Gasteiger partial charge in [0.1, 0.15) is 6.29 Å². The number of allylic oxidation sites excluding steroid dienone is 2. The molecule has 0 bridgehead atoms. The van der Waals surface area contributed by atoms with Crippen molar-refractivity contribution in [1.29, 1.82) is 0 Å². The van der Waals surface area contributed by atoms with Crippen molar-refractivity contribution in [2.45, 2.75) is 98.6 Å². The summed E-state index contributed by atoms with van der Waals surface area (Å²) in [6.07, 6.45) is 10.6. The summed E-state index contributed by atoms with van der Waals surface area (Å²) in [4.78, 5) is 27.0. The molecule has 0 aromatic heterocycles. The highest BCUT2D eigenvalue weighted by Gasteiger charge is 2.60. The van der Waals surface area contributed by atoms with Crippen LogP contribution in [0.25, 0.3) is 0 Å². The maximum Gasteiger partial charge on any atom is 0.226 e. The van der Waals surface area contributed by atoms with E-state index in [1.807, 2.05) is 7.05 Å². The van der Waals surface area contributed by atoms with E-state index in [4.69, 9.17) is 0 Å². The number of hydrogen-bond donors (Lipinski definition) is 1. The summed E-state index contributed by atoms with van der Waals surface area (Å²) < 4.78 is 0. The average molecular weight is 417 g/mol. The molecule has 1 N–H and O–H groups in total. The van der Waals surface area contributed by atoms with Gasteiger partial charge in [-0.1, -0.05) is 19.9 Å². The summed E-state index contributed by atoms with van der Waals surface area (Å²) in [5, 5.41) is 3.46. The lowest BCUT2D eigenvalue weighted by Crippen LogP contribution is -2.53. The molecule has 0 aliphatic heterocycles. The van der Waals surface area contributed by atoms with Crippen LogP contribution < -0.4 is 5.32 Å². The molecule has 2 saturated carbocycles. The molecule has 6 unspecified atom stereocenters. The van der Waals surface area contributed by atoms with Crippen molar-refractivity contribution in [2.24, 2.45) is 34.5 Å². The van der Waals surface area contributed by atoms with E-state index < -0.39 is 0 Å². The van der Waals surface area contributed by atoms with E-state index in [2.05, 4.69) is 57.8 Å². The molecule has 0 spiro atoms. The number of fused-ring (bicyclic) bond motifs is 3. The maximum absolute atomic E-state index is 13.7. The quantitative estimate of drug-likeness (QED) is 0.582. The lowest BCUT2D eigenvalue weighted by Gasteiger charge is -2.56. The number of hydrogen-bond acceptors (Lipinski definition) is 3. The number of nitrogens with zero attached hydrogens (tertiary/aromatic N) is 1. The molecular weight excluding hydrogens is 372 g/mol.